The second kappa shape index (κ2) is 5.28. The van der Waals surface area contributed by atoms with Crippen molar-refractivity contribution in [3.8, 4) is 0 Å². The van der Waals surface area contributed by atoms with Gasteiger partial charge in [0.1, 0.15) is 5.01 Å². The Kier molecular flexibility index (Phi) is 3.98. The van der Waals surface area contributed by atoms with Gasteiger partial charge in [0.2, 0.25) is 0 Å². The number of hydrogen-bond donors (Lipinski definition) is 1. The average Bonchev–Trinajstić information content (AvgIpc) is 2.86. The maximum Gasteiger partial charge on any atom is 0.107 e. The van der Waals surface area contributed by atoms with Gasteiger partial charge in [-0.25, -0.2) is 4.98 Å². The first-order valence-electron chi connectivity index (χ1n) is 6.33. The van der Waals surface area contributed by atoms with Crippen LogP contribution in [0.25, 0.3) is 0 Å². The fourth-order valence-electron chi connectivity index (χ4n) is 2.49. The van der Waals surface area contributed by atoms with Crippen LogP contribution in [0.5, 0.6) is 0 Å². The molecule has 0 aromatic carbocycles. The molecule has 1 fully saturated rings. The average molecular weight is 238 g/mol. The highest BCUT2D eigenvalue weighted by atomic mass is 32.1. The maximum absolute atomic E-state index is 4.56. The fraction of sp³-hybridized carbons (Fsp3) is 0.769. The molecule has 1 aliphatic rings. The lowest BCUT2D eigenvalue weighted by atomic mass is 10.00. The molecule has 2 nitrogen and oxygen atoms in total. The van der Waals surface area contributed by atoms with E-state index in [1.807, 2.05) is 11.3 Å². The van der Waals surface area contributed by atoms with Crippen molar-refractivity contribution in [1.29, 1.82) is 0 Å². The Bertz CT molecular complexity index is 320. The van der Waals surface area contributed by atoms with Gasteiger partial charge in [-0.3, -0.25) is 0 Å². The third-order valence-corrected chi connectivity index (χ3v) is 4.83. The van der Waals surface area contributed by atoms with Crippen LogP contribution >= 0.6 is 11.3 Å². The van der Waals surface area contributed by atoms with Crippen molar-refractivity contribution in [3.63, 3.8) is 0 Å². The smallest absolute Gasteiger partial charge is 0.107 e. The molecule has 0 bridgehead atoms. The van der Waals surface area contributed by atoms with Gasteiger partial charge in [-0.2, -0.15) is 0 Å². The van der Waals surface area contributed by atoms with Gasteiger partial charge in [-0.1, -0.05) is 12.8 Å². The molecule has 16 heavy (non-hydrogen) atoms. The summed E-state index contributed by atoms with van der Waals surface area (Å²) in [6.07, 6.45) is 5.66. The Morgan fingerprint density at radius 1 is 1.38 bits per heavy atom. The summed E-state index contributed by atoms with van der Waals surface area (Å²) in [4.78, 5) is 5.92. The van der Waals surface area contributed by atoms with Crippen molar-refractivity contribution >= 4 is 11.3 Å². The van der Waals surface area contributed by atoms with Crippen LogP contribution in [0.2, 0.25) is 0 Å². The van der Waals surface area contributed by atoms with E-state index in [0.29, 0.717) is 6.04 Å². The molecule has 1 aromatic rings. The Morgan fingerprint density at radius 3 is 2.62 bits per heavy atom. The molecule has 1 saturated carbocycles. The van der Waals surface area contributed by atoms with E-state index in [2.05, 4.69) is 31.1 Å². The summed E-state index contributed by atoms with van der Waals surface area (Å²) in [5.41, 5.74) is 1.19. The lowest BCUT2D eigenvalue weighted by Gasteiger charge is -2.19. The van der Waals surface area contributed by atoms with Crippen LogP contribution in [-0.2, 0) is 6.54 Å². The number of thiazole rings is 1. The number of nitrogens with one attached hydrogen (secondary N) is 1. The van der Waals surface area contributed by atoms with E-state index in [1.54, 1.807) is 0 Å². The molecule has 1 heterocycles. The Labute approximate surface area is 102 Å². The van der Waals surface area contributed by atoms with Crippen LogP contribution in [0, 0.1) is 19.8 Å². The summed E-state index contributed by atoms with van der Waals surface area (Å²) in [5, 5.41) is 4.87. The van der Waals surface area contributed by atoms with Gasteiger partial charge in [-0.15, -0.1) is 11.3 Å². The fourth-order valence-corrected chi connectivity index (χ4v) is 3.37. The molecule has 0 spiro atoms. The van der Waals surface area contributed by atoms with Crippen molar-refractivity contribution in [2.24, 2.45) is 5.92 Å². The molecule has 0 radical (unpaired) electrons. The third kappa shape index (κ3) is 2.83. The van der Waals surface area contributed by atoms with E-state index in [0.717, 1.165) is 12.5 Å². The molecule has 90 valence electrons. The van der Waals surface area contributed by atoms with Gasteiger partial charge in [-0.05, 0) is 39.5 Å². The molecule has 0 unspecified atom stereocenters. The van der Waals surface area contributed by atoms with Crippen LogP contribution in [0.15, 0.2) is 0 Å². The standard InChI is InChI=1S/C13H22N2S/c1-9-11(3)16-13(15-9)8-14-10(2)12-6-4-5-7-12/h10,12,14H,4-8H2,1-3H3/t10-/m0/s1. The first-order chi connectivity index (χ1) is 7.66. The van der Waals surface area contributed by atoms with E-state index >= 15 is 0 Å². The normalized spacial score (nSPS) is 19.2. The zero-order chi connectivity index (χ0) is 11.5. The minimum absolute atomic E-state index is 0.645. The molecule has 0 saturated heterocycles. The molecule has 1 atom stereocenters. The molecular weight excluding hydrogens is 216 g/mol. The van der Waals surface area contributed by atoms with Crippen molar-refractivity contribution in [2.45, 2.75) is 59.0 Å². The van der Waals surface area contributed by atoms with E-state index in [-0.39, 0.29) is 0 Å². The van der Waals surface area contributed by atoms with Crippen LogP contribution in [0.3, 0.4) is 0 Å². The van der Waals surface area contributed by atoms with Crippen LogP contribution < -0.4 is 5.32 Å². The summed E-state index contributed by atoms with van der Waals surface area (Å²) in [5.74, 6) is 0.891. The van der Waals surface area contributed by atoms with Gasteiger partial charge in [0.05, 0.1) is 5.69 Å². The van der Waals surface area contributed by atoms with Crippen molar-refractivity contribution in [1.82, 2.24) is 10.3 Å². The number of nitrogens with zero attached hydrogens (tertiary/aromatic N) is 1. The number of hydrogen-bond acceptors (Lipinski definition) is 3. The van der Waals surface area contributed by atoms with Gasteiger partial charge in [0.25, 0.3) is 0 Å². The zero-order valence-corrected chi connectivity index (χ0v) is 11.4. The van der Waals surface area contributed by atoms with Gasteiger partial charge in [0.15, 0.2) is 0 Å². The number of rotatable bonds is 4. The second-order valence-corrected chi connectivity index (χ2v) is 6.25. The van der Waals surface area contributed by atoms with Crippen molar-refractivity contribution < 1.29 is 0 Å². The lowest BCUT2D eigenvalue weighted by molar-refractivity contribution is 0.380. The highest BCUT2D eigenvalue weighted by molar-refractivity contribution is 7.11. The number of aryl methyl sites for hydroxylation is 2. The molecule has 1 N–H and O–H groups in total. The van der Waals surface area contributed by atoms with Crippen molar-refractivity contribution in [2.75, 3.05) is 0 Å². The minimum Gasteiger partial charge on any atom is -0.308 e. The first kappa shape index (κ1) is 12.1. The molecule has 2 rings (SSSR count). The summed E-state index contributed by atoms with van der Waals surface area (Å²) >= 11 is 1.83. The number of aromatic nitrogens is 1. The molecule has 0 amide bonds. The monoisotopic (exact) mass is 238 g/mol. The van der Waals surface area contributed by atoms with E-state index < -0.39 is 0 Å². The van der Waals surface area contributed by atoms with Gasteiger partial charge >= 0.3 is 0 Å². The SMILES string of the molecule is Cc1nc(CN[C@@H](C)C2CCCC2)sc1C. The zero-order valence-electron chi connectivity index (χ0n) is 10.5. The van der Waals surface area contributed by atoms with E-state index in [4.69, 9.17) is 0 Å². The van der Waals surface area contributed by atoms with E-state index in [1.165, 1.54) is 41.3 Å². The van der Waals surface area contributed by atoms with Crippen LogP contribution in [0.4, 0.5) is 0 Å². The van der Waals surface area contributed by atoms with Gasteiger partial charge in [0, 0.05) is 17.5 Å². The Balaban J connectivity index is 1.82. The summed E-state index contributed by atoms with van der Waals surface area (Å²) < 4.78 is 0. The highest BCUT2D eigenvalue weighted by Crippen LogP contribution is 2.27. The maximum atomic E-state index is 4.56. The van der Waals surface area contributed by atoms with Gasteiger partial charge < -0.3 is 5.32 Å². The molecule has 1 aromatic heterocycles. The predicted octanol–water partition coefficient (Wildman–Crippen LogP) is 3.43. The van der Waals surface area contributed by atoms with Crippen molar-refractivity contribution in [3.05, 3.63) is 15.6 Å². The first-order valence-corrected chi connectivity index (χ1v) is 7.14. The largest absolute Gasteiger partial charge is 0.308 e. The van der Waals surface area contributed by atoms with Crippen LogP contribution in [-0.4, -0.2) is 11.0 Å². The minimum atomic E-state index is 0.645. The highest BCUT2D eigenvalue weighted by Gasteiger charge is 2.21. The summed E-state index contributed by atoms with van der Waals surface area (Å²) in [6.45, 7) is 7.51. The van der Waals surface area contributed by atoms with Crippen LogP contribution in [0.1, 0.15) is 48.2 Å². The molecule has 0 aliphatic heterocycles. The summed E-state index contributed by atoms with van der Waals surface area (Å²) in [7, 11) is 0. The van der Waals surface area contributed by atoms with E-state index in [9.17, 15) is 0 Å². The predicted molar refractivity (Wildman–Crippen MR) is 69.8 cm³/mol. The molecular formula is C13H22N2S. The topological polar surface area (TPSA) is 24.9 Å². The Hall–Kier alpha value is -0.410. The summed E-state index contributed by atoms with van der Waals surface area (Å²) in [6, 6.07) is 0.645. The lowest BCUT2D eigenvalue weighted by Crippen LogP contribution is -2.31. The molecule has 3 heteroatoms. The second-order valence-electron chi connectivity index (χ2n) is 4.96. The molecule has 1 aliphatic carbocycles. The third-order valence-electron chi connectivity index (χ3n) is 3.76. The quantitative estimate of drug-likeness (QED) is 0.869. The Morgan fingerprint density at radius 2 is 2.06 bits per heavy atom.